The highest BCUT2D eigenvalue weighted by Gasteiger charge is 2.37. The molecule has 3 amide bonds. The van der Waals surface area contributed by atoms with Crippen molar-refractivity contribution < 1.29 is 14.4 Å². The van der Waals surface area contributed by atoms with Crippen molar-refractivity contribution in [1.29, 1.82) is 0 Å². The number of carbonyl (C=O) groups excluding carboxylic acids is 3. The Kier molecular flexibility index (Phi) is 5.94. The van der Waals surface area contributed by atoms with Crippen molar-refractivity contribution in [3.63, 3.8) is 0 Å². The van der Waals surface area contributed by atoms with E-state index >= 15 is 0 Å². The van der Waals surface area contributed by atoms with E-state index in [1.54, 1.807) is 10.3 Å². The van der Waals surface area contributed by atoms with Crippen LogP contribution in [0.1, 0.15) is 63.5 Å². The lowest BCUT2D eigenvalue weighted by Crippen LogP contribution is -2.43. The van der Waals surface area contributed by atoms with Crippen LogP contribution >= 0.6 is 11.3 Å². The number of hydrogen-bond acceptors (Lipinski definition) is 5. The fourth-order valence-corrected chi connectivity index (χ4v) is 4.51. The van der Waals surface area contributed by atoms with Gasteiger partial charge in [0.25, 0.3) is 0 Å². The zero-order chi connectivity index (χ0) is 19.5. The maximum Gasteiger partial charge on any atom is 0.245 e. The van der Waals surface area contributed by atoms with E-state index in [-0.39, 0.29) is 42.6 Å². The van der Waals surface area contributed by atoms with Gasteiger partial charge in [0.2, 0.25) is 17.7 Å². The minimum absolute atomic E-state index is 0.0244. The smallest absolute Gasteiger partial charge is 0.245 e. The Morgan fingerprint density at radius 1 is 1.04 bits per heavy atom. The predicted octanol–water partition coefficient (Wildman–Crippen LogP) is 2.47. The Morgan fingerprint density at radius 3 is 2.46 bits per heavy atom. The van der Waals surface area contributed by atoms with Gasteiger partial charge in [-0.05, 0) is 38.5 Å². The Hall–Kier alpha value is -1.96. The number of aromatic nitrogens is 1. The maximum absolute atomic E-state index is 12.9. The molecule has 0 saturated heterocycles. The zero-order valence-corrected chi connectivity index (χ0v) is 16.9. The Bertz CT molecular complexity index is 736. The van der Waals surface area contributed by atoms with E-state index in [9.17, 15) is 14.4 Å². The van der Waals surface area contributed by atoms with E-state index < -0.39 is 0 Å². The van der Waals surface area contributed by atoms with Gasteiger partial charge in [-0.2, -0.15) is 0 Å². The Morgan fingerprint density at radius 2 is 1.79 bits per heavy atom. The summed E-state index contributed by atoms with van der Waals surface area (Å²) in [4.78, 5) is 43.4. The molecule has 1 aromatic heterocycles. The van der Waals surface area contributed by atoms with Crippen molar-refractivity contribution in [3.8, 4) is 0 Å². The largest absolute Gasteiger partial charge is 0.353 e. The summed E-state index contributed by atoms with van der Waals surface area (Å²) in [5.74, 6) is -0.00410. The van der Waals surface area contributed by atoms with Gasteiger partial charge in [0, 0.05) is 23.4 Å². The van der Waals surface area contributed by atoms with E-state index in [1.165, 1.54) is 17.8 Å². The van der Waals surface area contributed by atoms with Gasteiger partial charge in [-0.25, -0.2) is 4.98 Å². The van der Waals surface area contributed by atoms with Crippen LogP contribution < -0.4 is 10.6 Å². The molecule has 0 radical (unpaired) electrons. The van der Waals surface area contributed by atoms with Crippen molar-refractivity contribution in [1.82, 2.24) is 15.2 Å². The second-order valence-electron chi connectivity index (χ2n) is 8.24. The van der Waals surface area contributed by atoms with Gasteiger partial charge in [-0.15, -0.1) is 11.3 Å². The second-order valence-corrected chi connectivity index (χ2v) is 9.10. The fourth-order valence-electron chi connectivity index (χ4n) is 3.79. The lowest BCUT2D eigenvalue weighted by Gasteiger charge is -2.28. The summed E-state index contributed by atoms with van der Waals surface area (Å²) in [6.07, 6.45) is 9.64. The van der Waals surface area contributed by atoms with Crippen LogP contribution in [0.4, 0.5) is 5.13 Å². The molecule has 2 N–H and O–H groups in total. The van der Waals surface area contributed by atoms with Crippen LogP contribution in [-0.2, 0) is 20.8 Å². The summed E-state index contributed by atoms with van der Waals surface area (Å²) in [5.41, 5.74) is 0.663. The van der Waals surface area contributed by atoms with Crippen LogP contribution in [-0.4, -0.2) is 46.2 Å². The Balaban J connectivity index is 1.28. The van der Waals surface area contributed by atoms with Crippen LogP contribution in [0.15, 0.2) is 5.38 Å². The molecule has 0 unspecified atom stereocenters. The molecule has 0 atom stereocenters. The number of amides is 3. The summed E-state index contributed by atoms with van der Waals surface area (Å²) >= 11 is 1.32. The Labute approximate surface area is 169 Å². The zero-order valence-electron chi connectivity index (χ0n) is 16.1. The molecular weight excluding hydrogens is 376 g/mol. The molecule has 7 nitrogen and oxygen atoms in total. The third-order valence-corrected chi connectivity index (χ3v) is 6.43. The van der Waals surface area contributed by atoms with Gasteiger partial charge < -0.3 is 15.5 Å². The molecule has 3 aliphatic rings. The third-order valence-electron chi connectivity index (χ3n) is 5.62. The number of thiazole rings is 1. The van der Waals surface area contributed by atoms with E-state index in [4.69, 9.17) is 0 Å². The first-order valence-electron chi connectivity index (χ1n) is 10.4. The summed E-state index contributed by atoms with van der Waals surface area (Å²) in [6.45, 7) is 0.0943. The molecule has 0 bridgehead atoms. The first-order chi connectivity index (χ1) is 13.6. The van der Waals surface area contributed by atoms with E-state index in [2.05, 4.69) is 15.6 Å². The molecular formula is C20H28N4O3S. The number of nitrogens with one attached hydrogen (secondary N) is 2. The first-order valence-corrected chi connectivity index (χ1v) is 11.3. The summed E-state index contributed by atoms with van der Waals surface area (Å²) < 4.78 is 0. The van der Waals surface area contributed by atoms with Crippen LogP contribution in [0.2, 0.25) is 0 Å². The average molecular weight is 405 g/mol. The lowest BCUT2D eigenvalue weighted by atomic mass is 9.88. The van der Waals surface area contributed by atoms with Crippen molar-refractivity contribution in [2.45, 2.75) is 76.3 Å². The molecule has 3 saturated carbocycles. The van der Waals surface area contributed by atoms with Gasteiger partial charge in [-0.3, -0.25) is 14.4 Å². The van der Waals surface area contributed by atoms with Gasteiger partial charge in [0.05, 0.1) is 12.1 Å². The van der Waals surface area contributed by atoms with E-state index in [0.29, 0.717) is 16.9 Å². The van der Waals surface area contributed by atoms with Crippen LogP contribution in [0.5, 0.6) is 0 Å². The van der Waals surface area contributed by atoms with Gasteiger partial charge in [0.15, 0.2) is 5.13 Å². The summed E-state index contributed by atoms with van der Waals surface area (Å²) in [6, 6.07) is 0.554. The predicted molar refractivity (Wildman–Crippen MR) is 107 cm³/mol. The highest BCUT2D eigenvalue weighted by molar-refractivity contribution is 7.13. The van der Waals surface area contributed by atoms with E-state index in [0.717, 1.165) is 51.4 Å². The maximum atomic E-state index is 12.9. The topological polar surface area (TPSA) is 91.4 Å². The molecule has 8 heteroatoms. The normalized spacial score (nSPS) is 19.9. The second kappa shape index (κ2) is 8.59. The standard InChI is InChI=1S/C20H28N4O3S/c25-17(21-14-6-7-14)10-15-12-28-20(22-15)23-18(26)11-24(16-8-9-16)19(27)13-4-2-1-3-5-13/h12-14,16H,1-11H2,(H,21,25)(H,22,23,26). The van der Waals surface area contributed by atoms with Crippen molar-refractivity contribution in [3.05, 3.63) is 11.1 Å². The highest BCUT2D eigenvalue weighted by Crippen LogP contribution is 2.32. The van der Waals surface area contributed by atoms with Crippen LogP contribution in [0, 0.1) is 5.92 Å². The van der Waals surface area contributed by atoms with Gasteiger partial charge in [-0.1, -0.05) is 19.3 Å². The number of nitrogens with zero attached hydrogens (tertiary/aromatic N) is 2. The molecule has 152 valence electrons. The molecule has 1 aromatic rings. The molecule has 4 rings (SSSR count). The summed E-state index contributed by atoms with van der Waals surface area (Å²) in [7, 11) is 0. The van der Waals surface area contributed by atoms with Crippen molar-refractivity contribution in [2.24, 2.45) is 5.92 Å². The number of anilines is 1. The summed E-state index contributed by atoms with van der Waals surface area (Å²) in [5, 5.41) is 8.02. The van der Waals surface area contributed by atoms with Gasteiger partial charge >= 0.3 is 0 Å². The molecule has 0 spiro atoms. The van der Waals surface area contributed by atoms with Crippen LogP contribution in [0.25, 0.3) is 0 Å². The first kappa shape index (κ1) is 19.4. The lowest BCUT2D eigenvalue weighted by molar-refractivity contribution is -0.139. The molecule has 3 aliphatic carbocycles. The van der Waals surface area contributed by atoms with Crippen molar-refractivity contribution in [2.75, 3.05) is 11.9 Å². The average Bonchev–Trinajstić information content (AvgIpc) is 3.61. The molecule has 28 heavy (non-hydrogen) atoms. The number of rotatable bonds is 8. The van der Waals surface area contributed by atoms with E-state index in [1.807, 2.05) is 0 Å². The monoisotopic (exact) mass is 404 g/mol. The molecule has 0 aromatic carbocycles. The number of carbonyl (C=O) groups is 3. The molecule has 3 fully saturated rings. The minimum atomic E-state index is -0.209. The van der Waals surface area contributed by atoms with Crippen molar-refractivity contribution >= 4 is 34.2 Å². The van der Waals surface area contributed by atoms with Gasteiger partial charge in [0.1, 0.15) is 6.54 Å². The fraction of sp³-hybridized carbons (Fsp3) is 0.700. The number of hydrogen-bond donors (Lipinski definition) is 2. The quantitative estimate of drug-likeness (QED) is 0.696. The minimum Gasteiger partial charge on any atom is -0.353 e. The highest BCUT2D eigenvalue weighted by atomic mass is 32.1. The SMILES string of the molecule is O=C(CN(C(=O)C1CCCCC1)C1CC1)Nc1nc(CC(=O)NC2CC2)cs1. The molecule has 1 heterocycles. The van der Waals surface area contributed by atoms with Crippen LogP contribution in [0.3, 0.4) is 0 Å². The third kappa shape index (κ3) is 5.31. The molecule has 0 aliphatic heterocycles.